The van der Waals surface area contributed by atoms with Gasteiger partial charge in [0.05, 0.1) is 6.04 Å². The molecule has 0 fully saturated rings. The van der Waals surface area contributed by atoms with E-state index in [0.717, 1.165) is 25.8 Å². The molecule has 1 aliphatic rings. The second-order valence-electron chi connectivity index (χ2n) is 8.64. The van der Waals surface area contributed by atoms with E-state index in [9.17, 15) is 14.4 Å². The molecule has 0 bridgehead atoms. The van der Waals surface area contributed by atoms with Crippen molar-refractivity contribution in [3.63, 3.8) is 0 Å². The second-order valence-corrected chi connectivity index (χ2v) is 8.64. The van der Waals surface area contributed by atoms with Gasteiger partial charge in [0.2, 0.25) is 11.9 Å². The molecule has 2 unspecified atom stereocenters. The Hall–Kier alpha value is -2.50. The van der Waals surface area contributed by atoms with Gasteiger partial charge in [0.1, 0.15) is 12.1 Å². The molecule has 0 saturated carbocycles. The third-order valence-corrected chi connectivity index (χ3v) is 5.74. The summed E-state index contributed by atoms with van der Waals surface area (Å²) in [6.07, 6.45) is 7.07. The number of hydrogen-bond donors (Lipinski definition) is 3. The number of carbonyl (C=O) groups is 2. The lowest BCUT2D eigenvalue weighted by molar-refractivity contribution is -0.697. The first-order valence-electron chi connectivity index (χ1n) is 11.3. The minimum atomic E-state index is -0.486. The summed E-state index contributed by atoms with van der Waals surface area (Å²) in [5.74, 6) is -0.442. The van der Waals surface area contributed by atoms with Gasteiger partial charge in [-0.25, -0.2) is 4.57 Å². The van der Waals surface area contributed by atoms with Crippen molar-refractivity contribution in [3.8, 4) is 0 Å². The van der Waals surface area contributed by atoms with Gasteiger partial charge in [0.25, 0.3) is 11.5 Å². The molecule has 10 heteroatoms. The molecule has 2 aromatic rings. The van der Waals surface area contributed by atoms with Crippen molar-refractivity contribution in [2.24, 2.45) is 5.92 Å². The normalized spacial score (nSPS) is 17.1. The zero-order valence-corrected chi connectivity index (χ0v) is 22.0. The van der Waals surface area contributed by atoms with Crippen LogP contribution in [0.1, 0.15) is 64.2 Å². The van der Waals surface area contributed by atoms with E-state index in [4.69, 9.17) is 0 Å². The van der Waals surface area contributed by atoms with Gasteiger partial charge < -0.3 is 29.3 Å². The summed E-state index contributed by atoms with van der Waals surface area (Å²) in [6, 6.07) is 3.19. The zero-order valence-electron chi connectivity index (χ0n) is 19.8. The molecule has 3 heterocycles. The van der Waals surface area contributed by atoms with Gasteiger partial charge in [-0.05, 0) is 26.3 Å². The number of amides is 2. The third kappa shape index (κ3) is 6.10. The average Bonchev–Trinajstić information content (AvgIpc) is 2.75. The van der Waals surface area contributed by atoms with E-state index in [1.165, 1.54) is 4.90 Å². The first kappa shape index (κ1) is 26.7. The number of fused-ring (bicyclic) bond motifs is 1. The highest BCUT2D eigenvalue weighted by Gasteiger charge is 2.37. The van der Waals surface area contributed by atoms with Crippen LogP contribution in [0.4, 0.5) is 17.5 Å². The van der Waals surface area contributed by atoms with Crippen molar-refractivity contribution in [1.29, 1.82) is 0 Å². The van der Waals surface area contributed by atoms with E-state index in [1.54, 1.807) is 19.9 Å². The molecule has 33 heavy (non-hydrogen) atoms. The molecule has 1 aliphatic heterocycles. The van der Waals surface area contributed by atoms with Gasteiger partial charge in [0.15, 0.2) is 23.9 Å². The maximum atomic E-state index is 13.5. The fraction of sp³-hybridized carbons (Fsp3) is 0.522. The minimum Gasteiger partial charge on any atom is -1.00 e. The van der Waals surface area contributed by atoms with Crippen LogP contribution in [-0.4, -0.2) is 33.9 Å². The van der Waals surface area contributed by atoms with Crippen LogP contribution in [0.15, 0.2) is 29.3 Å². The van der Waals surface area contributed by atoms with E-state index in [-0.39, 0.29) is 71.2 Å². The number of aryl methyl sites for hydroxylation is 1. The highest BCUT2D eigenvalue weighted by Crippen LogP contribution is 2.31. The first-order valence-corrected chi connectivity index (χ1v) is 11.3. The monoisotopic (exact) mass is 568 g/mol. The number of aromatic nitrogens is 3. The van der Waals surface area contributed by atoms with Crippen LogP contribution in [0.3, 0.4) is 0 Å². The van der Waals surface area contributed by atoms with E-state index >= 15 is 0 Å². The predicted octanol–water partition coefficient (Wildman–Crippen LogP) is -0.305. The molecule has 2 atom stereocenters. The highest BCUT2D eigenvalue weighted by molar-refractivity contribution is 6.08. The van der Waals surface area contributed by atoms with Gasteiger partial charge >= 0.3 is 0 Å². The summed E-state index contributed by atoms with van der Waals surface area (Å²) in [5, 5.41) is 5.81. The molecule has 2 amide bonds. The molecular formula is C23H33IN6O3. The van der Waals surface area contributed by atoms with Crippen LogP contribution in [0.2, 0.25) is 0 Å². The Balaban J connectivity index is 0.00000385. The third-order valence-electron chi connectivity index (χ3n) is 5.74. The van der Waals surface area contributed by atoms with Gasteiger partial charge in [-0.15, -0.1) is 0 Å². The molecule has 0 aliphatic carbocycles. The number of unbranched alkanes of at least 4 members (excludes halogenated alkanes) is 2. The lowest BCUT2D eigenvalue weighted by Crippen LogP contribution is -3.00. The first-order chi connectivity index (χ1) is 15.2. The number of carbonyl (C=O) groups excluding carboxylic acids is 2. The van der Waals surface area contributed by atoms with E-state index in [2.05, 4.69) is 27.5 Å². The van der Waals surface area contributed by atoms with E-state index < -0.39 is 5.56 Å². The number of anilines is 3. The molecule has 3 N–H and O–H groups in total. The molecule has 9 nitrogen and oxygen atoms in total. The van der Waals surface area contributed by atoms with E-state index in [1.807, 2.05) is 36.9 Å². The van der Waals surface area contributed by atoms with Crippen molar-refractivity contribution in [1.82, 2.24) is 9.97 Å². The van der Waals surface area contributed by atoms with Crippen molar-refractivity contribution in [3.05, 3.63) is 40.4 Å². The van der Waals surface area contributed by atoms with Crippen LogP contribution in [0, 0.1) is 5.92 Å². The Morgan fingerprint density at radius 2 is 2.00 bits per heavy atom. The second kappa shape index (κ2) is 11.6. The Labute approximate surface area is 211 Å². The standard InChI is InChI=1S/C23H32N6O3.HI/c1-6-7-8-11-28-12-9-10-17(13-28)22(32)29-16(5)15(4)24-19-18(29)21(31)27-23(25-19)26-20(30)14(2)3;/h9-10,12-16H,6-8,11H2,1-5H3,(H2-,24,25,26,27,30,31);1H. The summed E-state index contributed by atoms with van der Waals surface area (Å²) < 4.78 is 2.01. The van der Waals surface area contributed by atoms with Crippen molar-refractivity contribution < 1.29 is 38.1 Å². The summed E-state index contributed by atoms with van der Waals surface area (Å²) in [7, 11) is 0. The van der Waals surface area contributed by atoms with Crippen LogP contribution < -0.4 is 49.6 Å². The number of rotatable bonds is 7. The number of H-pyrrole nitrogens is 1. The summed E-state index contributed by atoms with van der Waals surface area (Å²) in [5.41, 5.74) is 0.178. The predicted molar refractivity (Wildman–Crippen MR) is 124 cm³/mol. The Morgan fingerprint density at radius 1 is 1.27 bits per heavy atom. The number of nitrogens with one attached hydrogen (secondary N) is 3. The molecule has 0 radical (unpaired) electrons. The van der Waals surface area contributed by atoms with Gasteiger partial charge in [-0.2, -0.15) is 4.98 Å². The summed E-state index contributed by atoms with van der Waals surface area (Å²) in [4.78, 5) is 47.0. The summed E-state index contributed by atoms with van der Waals surface area (Å²) in [6.45, 7) is 10.3. The molecule has 0 spiro atoms. The van der Waals surface area contributed by atoms with Crippen LogP contribution in [-0.2, 0) is 11.3 Å². The molecular weight excluding hydrogens is 535 g/mol. The number of hydrogen-bond acceptors (Lipinski definition) is 5. The number of halogens is 1. The lowest BCUT2D eigenvalue weighted by Gasteiger charge is -2.38. The number of aromatic amines is 1. The fourth-order valence-corrected chi connectivity index (χ4v) is 3.63. The van der Waals surface area contributed by atoms with Crippen LogP contribution >= 0.6 is 0 Å². The molecule has 2 aromatic heterocycles. The Bertz CT molecular complexity index is 1050. The average molecular weight is 568 g/mol. The summed E-state index contributed by atoms with van der Waals surface area (Å²) >= 11 is 0. The number of nitrogens with zero attached hydrogens (tertiary/aromatic N) is 3. The minimum absolute atomic E-state index is 0. The van der Waals surface area contributed by atoms with Crippen LogP contribution in [0.5, 0.6) is 0 Å². The number of pyridine rings is 1. The highest BCUT2D eigenvalue weighted by atomic mass is 127. The molecule has 3 rings (SSSR count). The lowest BCUT2D eigenvalue weighted by atomic mass is 10.0. The fourth-order valence-electron chi connectivity index (χ4n) is 3.63. The Kier molecular flexibility index (Phi) is 9.38. The molecule has 0 aromatic carbocycles. The van der Waals surface area contributed by atoms with Gasteiger partial charge in [-0.1, -0.05) is 27.2 Å². The van der Waals surface area contributed by atoms with Crippen molar-refractivity contribution in [2.75, 3.05) is 15.5 Å². The maximum absolute atomic E-state index is 13.5. The topological polar surface area (TPSA) is 111 Å². The van der Waals surface area contributed by atoms with Gasteiger partial charge in [-0.3, -0.25) is 29.6 Å². The quantitative estimate of drug-likeness (QED) is 0.241. The van der Waals surface area contributed by atoms with Crippen molar-refractivity contribution >= 4 is 29.3 Å². The molecule has 180 valence electrons. The van der Waals surface area contributed by atoms with Gasteiger partial charge in [0, 0.05) is 24.4 Å². The van der Waals surface area contributed by atoms with Crippen molar-refractivity contribution in [2.45, 2.75) is 72.5 Å². The Morgan fingerprint density at radius 3 is 2.67 bits per heavy atom. The zero-order chi connectivity index (χ0) is 23.4. The maximum Gasteiger partial charge on any atom is 0.278 e. The SMILES string of the molecule is CCCCC[n+]1cccc(C(=O)N2c3c(nc(NC(=O)C(C)C)[nH]c3=O)NC(C)C2C)c1.[I-]. The van der Waals surface area contributed by atoms with E-state index in [0.29, 0.717) is 5.56 Å². The largest absolute Gasteiger partial charge is 1.00 e. The smallest absolute Gasteiger partial charge is 0.278 e. The van der Waals surface area contributed by atoms with Crippen LogP contribution in [0.25, 0.3) is 0 Å². The molecule has 0 saturated heterocycles.